The van der Waals surface area contributed by atoms with Gasteiger partial charge in [0, 0.05) is 0 Å². The van der Waals surface area contributed by atoms with Gasteiger partial charge in [-0.25, -0.2) is 0 Å². The molecule has 0 unspecified atom stereocenters. The van der Waals surface area contributed by atoms with Crippen LogP contribution in [0.2, 0.25) is 5.82 Å². The van der Waals surface area contributed by atoms with E-state index in [-0.39, 0.29) is 20.7 Å². The van der Waals surface area contributed by atoms with Gasteiger partial charge in [0.1, 0.15) is 0 Å². The normalized spacial score (nSPS) is 11.2. The van der Waals surface area contributed by atoms with Crippen LogP contribution in [0.15, 0.2) is 35.9 Å². The van der Waals surface area contributed by atoms with Crippen molar-refractivity contribution in [2.24, 2.45) is 0 Å². The Kier molecular flexibility index (Phi) is 6.83. The van der Waals surface area contributed by atoms with Gasteiger partial charge in [-0.3, -0.25) is 0 Å². The van der Waals surface area contributed by atoms with Gasteiger partial charge in [-0.05, 0) is 0 Å². The van der Waals surface area contributed by atoms with Crippen LogP contribution in [0, 0.1) is 5.82 Å². The molecule has 6 heteroatoms. The molecule has 0 amide bonds. The van der Waals surface area contributed by atoms with Gasteiger partial charge in [-0.15, -0.1) is 0 Å². The number of carbonyl (C=O) groups excluding carboxylic acids is 1. The molecule has 0 aromatic heterocycles. The Morgan fingerprint density at radius 1 is 1.08 bits per heavy atom. The topological polar surface area (TPSA) is 44.8 Å². The quantitative estimate of drug-likeness (QED) is 0.389. The summed E-state index contributed by atoms with van der Waals surface area (Å²) in [6.07, 6.45) is 1.53. The van der Waals surface area contributed by atoms with Crippen LogP contribution in [-0.2, 0) is 0 Å². The van der Waals surface area contributed by atoms with Crippen molar-refractivity contribution in [2.45, 2.75) is 12.7 Å². The summed E-state index contributed by atoms with van der Waals surface area (Å²) in [6.45, 7) is 1.67. The number of Topliss-reactive ketones (excluding diaryl/α,β-unsaturated/α-hetero) is 1. The first-order valence-corrected chi connectivity index (χ1v) is 10.4. The summed E-state index contributed by atoms with van der Waals surface area (Å²) in [5, 5.41) is 0. The standard InChI is InChI=1S/C20H21FO4Se/c1-12(8-13-6-7-15(23-2)11-16(13)21)19(22)14-9-17(24-3)20(25-4)18(10-14)26-5/h6-11H,1-5H3/b12-8+. The minimum atomic E-state index is -0.443. The zero-order chi connectivity index (χ0) is 19.3. The number of hydrogen-bond donors (Lipinski definition) is 0. The maximum absolute atomic E-state index is 14.1. The molecule has 2 rings (SSSR count). The van der Waals surface area contributed by atoms with E-state index in [1.807, 2.05) is 11.9 Å². The number of methoxy groups -OCH3 is 3. The van der Waals surface area contributed by atoms with Crippen molar-refractivity contribution in [1.82, 2.24) is 0 Å². The van der Waals surface area contributed by atoms with E-state index in [9.17, 15) is 9.18 Å². The molecule has 26 heavy (non-hydrogen) atoms. The maximum atomic E-state index is 14.1. The molecule has 0 aliphatic heterocycles. The number of rotatable bonds is 7. The summed E-state index contributed by atoms with van der Waals surface area (Å²) in [4.78, 5) is 12.8. The van der Waals surface area contributed by atoms with Crippen LogP contribution in [0.3, 0.4) is 0 Å². The average molecular weight is 423 g/mol. The van der Waals surface area contributed by atoms with Crippen LogP contribution in [0.25, 0.3) is 6.08 Å². The Balaban J connectivity index is 2.41. The molecule has 2 aromatic carbocycles. The van der Waals surface area contributed by atoms with Gasteiger partial charge in [-0.1, -0.05) is 0 Å². The van der Waals surface area contributed by atoms with Gasteiger partial charge in [0.25, 0.3) is 0 Å². The van der Waals surface area contributed by atoms with E-state index in [2.05, 4.69) is 0 Å². The molecule has 0 aliphatic carbocycles. The summed E-state index contributed by atoms with van der Waals surface area (Å²) in [7, 11) is 4.59. The molecule has 0 atom stereocenters. The fraction of sp³-hybridized carbons (Fsp3) is 0.250. The Hall–Kier alpha value is -2.30. The average Bonchev–Trinajstić information content (AvgIpc) is 2.67. The van der Waals surface area contributed by atoms with Crippen LogP contribution >= 0.6 is 0 Å². The molecular formula is C20H21FO4Se. The molecular weight excluding hydrogens is 402 g/mol. The molecule has 0 saturated carbocycles. The van der Waals surface area contributed by atoms with Crippen LogP contribution in [0.4, 0.5) is 4.39 Å². The predicted octanol–water partition coefficient (Wildman–Crippen LogP) is 3.52. The zero-order valence-electron chi connectivity index (χ0n) is 15.4. The van der Waals surface area contributed by atoms with Crippen LogP contribution in [-0.4, -0.2) is 42.1 Å². The van der Waals surface area contributed by atoms with E-state index < -0.39 is 5.82 Å². The van der Waals surface area contributed by atoms with E-state index in [0.29, 0.717) is 33.9 Å². The van der Waals surface area contributed by atoms with Crippen molar-refractivity contribution in [2.75, 3.05) is 21.3 Å². The van der Waals surface area contributed by atoms with Crippen molar-refractivity contribution in [1.29, 1.82) is 0 Å². The van der Waals surface area contributed by atoms with Crippen LogP contribution in [0.5, 0.6) is 17.2 Å². The number of allylic oxidation sites excluding steroid dienone is 1. The molecule has 0 aliphatic rings. The summed E-state index contributed by atoms with van der Waals surface area (Å²) in [5.74, 6) is 3.00. The number of ketones is 1. The van der Waals surface area contributed by atoms with Crippen molar-refractivity contribution in [3.8, 4) is 17.2 Å². The number of ether oxygens (including phenoxy) is 3. The number of halogens is 1. The van der Waals surface area contributed by atoms with Gasteiger partial charge in [-0.2, -0.15) is 0 Å². The molecule has 0 fully saturated rings. The molecule has 0 bridgehead atoms. The molecule has 138 valence electrons. The fourth-order valence-electron chi connectivity index (χ4n) is 2.49. The molecule has 0 heterocycles. The second kappa shape index (κ2) is 8.88. The Morgan fingerprint density at radius 2 is 1.81 bits per heavy atom. The third-order valence-corrected chi connectivity index (χ3v) is 5.42. The molecule has 0 saturated heterocycles. The zero-order valence-corrected chi connectivity index (χ0v) is 17.1. The minimum absolute atomic E-state index is 0.120. The molecule has 2 aromatic rings. The van der Waals surface area contributed by atoms with Gasteiger partial charge >= 0.3 is 159 Å². The third-order valence-electron chi connectivity index (χ3n) is 3.86. The molecule has 0 spiro atoms. The van der Waals surface area contributed by atoms with E-state index in [0.717, 1.165) is 4.46 Å². The van der Waals surface area contributed by atoms with Gasteiger partial charge < -0.3 is 0 Å². The van der Waals surface area contributed by atoms with E-state index >= 15 is 0 Å². The first-order valence-electron chi connectivity index (χ1n) is 7.81. The van der Waals surface area contributed by atoms with Crippen molar-refractivity contribution >= 4 is 31.3 Å². The Morgan fingerprint density at radius 3 is 2.35 bits per heavy atom. The monoisotopic (exact) mass is 424 g/mol. The van der Waals surface area contributed by atoms with Gasteiger partial charge in [0.15, 0.2) is 0 Å². The van der Waals surface area contributed by atoms with Crippen molar-refractivity contribution in [3.63, 3.8) is 0 Å². The van der Waals surface area contributed by atoms with Crippen LogP contribution in [0.1, 0.15) is 22.8 Å². The third kappa shape index (κ3) is 4.26. The Bertz CT molecular complexity index is 821. The predicted molar refractivity (Wildman–Crippen MR) is 102 cm³/mol. The summed E-state index contributed by atoms with van der Waals surface area (Å²) >= 11 is 0.120. The summed E-state index contributed by atoms with van der Waals surface area (Å²) < 4.78 is 30.8. The van der Waals surface area contributed by atoms with E-state index in [1.54, 1.807) is 32.2 Å². The summed E-state index contributed by atoms with van der Waals surface area (Å²) in [6, 6.07) is 7.99. The number of hydrogen-bond acceptors (Lipinski definition) is 4. The van der Waals surface area contributed by atoms with E-state index in [4.69, 9.17) is 14.2 Å². The van der Waals surface area contributed by atoms with Crippen molar-refractivity contribution < 1.29 is 23.4 Å². The van der Waals surface area contributed by atoms with E-state index in [1.165, 1.54) is 26.4 Å². The second-order valence-electron chi connectivity index (χ2n) is 5.46. The fourth-order valence-corrected chi connectivity index (χ4v) is 3.78. The molecule has 0 N–H and O–H groups in total. The first kappa shape index (κ1) is 20.0. The number of carbonyl (C=O) groups is 1. The van der Waals surface area contributed by atoms with Crippen molar-refractivity contribution in [3.05, 3.63) is 52.8 Å². The second-order valence-corrected chi connectivity index (χ2v) is 7.24. The summed E-state index contributed by atoms with van der Waals surface area (Å²) in [5.41, 5.74) is 1.25. The molecule has 4 nitrogen and oxygen atoms in total. The van der Waals surface area contributed by atoms with Gasteiger partial charge in [0.05, 0.1) is 0 Å². The Labute approximate surface area is 159 Å². The SMILES string of the molecule is COc1ccc(/C=C(\C)C(=O)c2cc(OC)c(OC)c([Se]C)c2)c(F)c1. The number of benzene rings is 2. The first-order chi connectivity index (χ1) is 12.4. The van der Waals surface area contributed by atoms with Gasteiger partial charge in [0.2, 0.25) is 0 Å². The van der Waals surface area contributed by atoms with Crippen LogP contribution < -0.4 is 18.7 Å². The molecule has 0 radical (unpaired) electrons.